The molecule has 11 aromatic rings. The van der Waals surface area contributed by atoms with Gasteiger partial charge in [-0.1, -0.05) is 190 Å². The Morgan fingerprint density at radius 2 is 0.742 bits per heavy atom. The Morgan fingerprint density at radius 3 is 1.26 bits per heavy atom. The molecule has 0 saturated heterocycles. The van der Waals surface area contributed by atoms with E-state index in [2.05, 4.69) is 260 Å². The molecule has 1 heterocycles. The van der Waals surface area contributed by atoms with Crippen molar-refractivity contribution < 1.29 is 0 Å². The van der Waals surface area contributed by atoms with Crippen LogP contribution < -0.4 is 4.90 Å². The third-order valence-electron chi connectivity index (χ3n) is 14.0. The molecule has 66 heavy (non-hydrogen) atoms. The average molecular weight is 855 g/mol. The van der Waals surface area contributed by atoms with Gasteiger partial charge in [-0.25, -0.2) is 0 Å². The second-order valence-corrected chi connectivity index (χ2v) is 21.5. The maximum absolute atomic E-state index is 2.52. The molecule has 0 spiro atoms. The van der Waals surface area contributed by atoms with E-state index >= 15 is 0 Å². The molecule has 10 aromatic carbocycles. The van der Waals surface area contributed by atoms with Crippen LogP contribution in [0.2, 0.25) is 0 Å². The van der Waals surface area contributed by atoms with Crippen LogP contribution in [0.5, 0.6) is 0 Å². The molecule has 0 aliphatic rings. The summed E-state index contributed by atoms with van der Waals surface area (Å²) in [7, 11) is 0. The Morgan fingerprint density at radius 1 is 0.333 bits per heavy atom. The SMILES string of the molecule is CC(C)(C)c1ccc(N(c2ccc(-c3ccc(-c4ccccc4)cc3)cc2)c2ccc3ccc4c(-n5c6ccc(C(C)(C)C)cc6c6cc(C(C)(C)C)ccc65)ccc5ccc2c3c54)cc1. The fraction of sp³-hybridized carbons (Fsp3) is 0.188. The third-order valence-corrected chi connectivity index (χ3v) is 14.0. The van der Waals surface area contributed by atoms with Crippen molar-refractivity contribution in [3.8, 4) is 27.9 Å². The minimum absolute atomic E-state index is 0.0363. The van der Waals surface area contributed by atoms with Crippen molar-refractivity contribution in [3.05, 3.63) is 205 Å². The molecular formula is C64H58N2. The molecule has 0 N–H and O–H groups in total. The first kappa shape index (κ1) is 41.5. The Balaban J connectivity index is 1.09. The molecule has 0 atom stereocenters. The van der Waals surface area contributed by atoms with Gasteiger partial charge in [-0.3, -0.25) is 0 Å². The molecule has 0 fully saturated rings. The summed E-state index contributed by atoms with van der Waals surface area (Å²) in [6, 6.07) is 70.8. The van der Waals surface area contributed by atoms with Gasteiger partial charge in [0.25, 0.3) is 0 Å². The van der Waals surface area contributed by atoms with Crippen LogP contribution in [-0.2, 0) is 16.2 Å². The third kappa shape index (κ3) is 7.02. The van der Waals surface area contributed by atoms with E-state index in [0.717, 1.165) is 17.1 Å². The first-order valence-corrected chi connectivity index (χ1v) is 23.6. The van der Waals surface area contributed by atoms with E-state index in [4.69, 9.17) is 0 Å². The first-order valence-electron chi connectivity index (χ1n) is 23.6. The number of hydrogen-bond acceptors (Lipinski definition) is 1. The molecule has 0 radical (unpaired) electrons. The first-order chi connectivity index (χ1) is 31.6. The number of hydrogen-bond donors (Lipinski definition) is 0. The fourth-order valence-electron chi connectivity index (χ4n) is 10.2. The standard InChI is InChI=1S/C64H58N2/c1-62(2,3)47-25-31-51(32-26-47)65(50-29-19-44(20-30-50)43-17-15-42(16-18-43)41-13-11-10-12-14-41)56-35-23-45-22-34-53-57(36-24-46-21-33-52(56)60(45)61(46)53)66-58-37-27-48(63(4,5)6)39-54(58)55-40-49(64(7,8)9)28-38-59(55)66/h10-40H,1-9H3. The molecule has 0 aliphatic heterocycles. The number of anilines is 3. The Labute approximate surface area is 390 Å². The highest BCUT2D eigenvalue weighted by Crippen LogP contribution is 2.47. The molecule has 0 saturated carbocycles. The molecule has 2 nitrogen and oxygen atoms in total. The van der Waals surface area contributed by atoms with Crippen LogP contribution in [0.1, 0.15) is 79.0 Å². The largest absolute Gasteiger partial charge is 0.310 e. The number of aromatic nitrogens is 1. The van der Waals surface area contributed by atoms with E-state index in [1.165, 1.54) is 98.8 Å². The highest BCUT2D eigenvalue weighted by molar-refractivity contribution is 6.27. The summed E-state index contributed by atoms with van der Waals surface area (Å²) in [4.78, 5) is 2.45. The molecule has 0 unspecified atom stereocenters. The molecular weight excluding hydrogens is 797 g/mol. The lowest BCUT2D eigenvalue weighted by Gasteiger charge is -2.29. The van der Waals surface area contributed by atoms with Crippen molar-refractivity contribution in [3.63, 3.8) is 0 Å². The summed E-state index contributed by atoms with van der Waals surface area (Å²) < 4.78 is 2.52. The van der Waals surface area contributed by atoms with Gasteiger partial charge >= 0.3 is 0 Å². The van der Waals surface area contributed by atoms with Crippen molar-refractivity contribution in [2.24, 2.45) is 0 Å². The fourth-order valence-corrected chi connectivity index (χ4v) is 10.2. The Kier molecular flexibility index (Phi) is 9.57. The number of benzene rings is 10. The van der Waals surface area contributed by atoms with Crippen LogP contribution in [0, 0.1) is 0 Å². The zero-order valence-corrected chi connectivity index (χ0v) is 39.8. The Hall–Kier alpha value is -7.16. The van der Waals surface area contributed by atoms with Gasteiger partial charge in [-0.05, 0) is 137 Å². The summed E-state index contributed by atoms with van der Waals surface area (Å²) in [6.45, 7) is 20.7. The number of rotatable bonds is 6. The molecule has 324 valence electrons. The maximum atomic E-state index is 2.52. The summed E-state index contributed by atoms with van der Waals surface area (Å²) in [5.41, 5.74) is 16.1. The van der Waals surface area contributed by atoms with Gasteiger partial charge in [-0.15, -0.1) is 0 Å². The normalized spacial score (nSPS) is 12.6. The van der Waals surface area contributed by atoms with Gasteiger partial charge in [0.05, 0.1) is 22.4 Å². The summed E-state index contributed by atoms with van der Waals surface area (Å²) in [6.07, 6.45) is 0. The van der Waals surface area contributed by atoms with Crippen LogP contribution in [-0.4, -0.2) is 4.57 Å². The van der Waals surface area contributed by atoms with Crippen LogP contribution in [0.25, 0.3) is 82.1 Å². The van der Waals surface area contributed by atoms with E-state index in [1.807, 2.05) is 0 Å². The van der Waals surface area contributed by atoms with E-state index < -0.39 is 0 Å². The summed E-state index contributed by atoms with van der Waals surface area (Å²) in [5.74, 6) is 0. The zero-order valence-electron chi connectivity index (χ0n) is 39.8. The van der Waals surface area contributed by atoms with Crippen LogP contribution in [0.4, 0.5) is 17.1 Å². The summed E-state index contributed by atoms with van der Waals surface area (Å²) in [5, 5.41) is 10.2. The predicted octanol–water partition coefficient (Wildman–Crippen LogP) is 18.4. The lowest BCUT2D eigenvalue weighted by molar-refractivity contribution is 0.590. The minimum atomic E-state index is 0.0363. The smallest absolute Gasteiger partial charge is 0.0541 e. The highest BCUT2D eigenvalue weighted by Gasteiger charge is 2.24. The molecule has 0 bridgehead atoms. The second kappa shape index (κ2) is 15.2. The lowest BCUT2D eigenvalue weighted by Crippen LogP contribution is -2.13. The molecule has 11 rings (SSSR count). The average Bonchev–Trinajstić information content (AvgIpc) is 3.64. The van der Waals surface area contributed by atoms with Gasteiger partial charge in [0.15, 0.2) is 0 Å². The number of fused-ring (bicyclic) bond motifs is 3. The van der Waals surface area contributed by atoms with Crippen molar-refractivity contribution in [1.29, 1.82) is 0 Å². The second-order valence-electron chi connectivity index (χ2n) is 21.5. The van der Waals surface area contributed by atoms with Crippen molar-refractivity contribution in [2.45, 2.75) is 78.6 Å². The topological polar surface area (TPSA) is 8.17 Å². The van der Waals surface area contributed by atoms with Gasteiger partial charge in [0.2, 0.25) is 0 Å². The van der Waals surface area contributed by atoms with Crippen LogP contribution >= 0.6 is 0 Å². The van der Waals surface area contributed by atoms with Crippen LogP contribution in [0.15, 0.2) is 188 Å². The zero-order chi connectivity index (χ0) is 45.7. The number of nitrogens with zero attached hydrogens (tertiary/aromatic N) is 2. The van der Waals surface area contributed by atoms with Crippen molar-refractivity contribution >= 4 is 71.2 Å². The van der Waals surface area contributed by atoms with E-state index in [-0.39, 0.29) is 16.2 Å². The monoisotopic (exact) mass is 854 g/mol. The van der Waals surface area contributed by atoms with E-state index in [1.54, 1.807) is 0 Å². The maximum Gasteiger partial charge on any atom is 0.0541 e. The van der Waals surface area contributed by atoms with E-state index in [0.29, 0.717) is 0 Å². The molecule has 2 heteroatoms. The molecule has 0 aliphatic carbocycles. The van der Waals surface area contributed by atoms with Crippen molar-refractivity contribution in [1.82, 2.24) is 4.57 Å². The summed E-state index contributed by atoms with van der Waals surface area (Å²) >= 11 is 0. The Bertz CT molecular complexity index is 3520. The van der Waals surface area contributed by atoms with E-state index in [9.17, 15) is 0 Å². The van der Waals surface area contributed by atoms with Gasteiger partial charge in [-0.2, -0.15) is 0 Å². The lowest BCUT2D eigenvalue weighted by atomic mass is 9.85. The molecule has 0 amide bonds. The highest BCUT2D eigenvalue weighted by atomic mass is 15.1. The van der Waals surface area contributed by atoms with Crippen LogP contribution in [0.3, 0.4) is 0 Å². The van der Waals surface area contributed by atoms with Gasteiger partial charge < -0.3 is 9.47 Å². The van der Waals surface area contributed by atoms with Gasteiger partial charge in [0.1, 0.15) is 0 Å². The van der Waals surface area contributed by atoms with Gasteiger partial charge in [0, 0.05) is 32.9 Å². The predicted molar refractivity (Wildman–Crippen MR) is 286 cm³/mol. The van der Waals surface area contributed by atoms with Crippen molar-refractivity contribution in [2.75, 3.05) is 4.90 Å². The molecule has 1 aromatic heterocycles. The quantitative estimate of drug-likeness (QED) is 0.151. The minimum Gasteiger partial charge on any atom is -0.310 e.